The monoisotopic (exact) mass is 292 g/mol. The second-order valence-electron chi connectivity index (χ2n) is 5.91. The Morgan fingerprint density at radius 3 is 2.29 bits per heavy atom. The van der Waals surface area contributed by atoms with Crippen LogP contribution in [0.1, 0.15) is 43.1 Å². The minimum Gasteiger partial charge on any atom is -0.465 e. The van der Waals surface area contributed by atoms with Crippen LogP contribution in [0.4, 0.5) is 0 Å². The van der Waals surface area contributed by atoms with Crippen LogP contribution in [0.25, 0.3) is 0 Å². The molecule has 1 rings (SSSR count). The Morgan fingerprint density at radius 2 is 1.76 bits per heavy atom. The number of benzene rings is 1. The Kier molecular flexibility index (Phi) is 6.37. The summed E-state index contributed by atoms with van der Waals surface area (Å²) in [5.41, 5.74) is 1.39. The molecule has 0 saturated heterocycles. The van der Waals surface area contributed by atoms with Gasteiger partial charge in [-0.1, -0.05) is 12.1 Å². The third-order valence-corrected chi connectivity index (χ3v) is 2.75. The summed E-state index contributed by atoms with van der Waals surface area (Å²) in [5, 5.41) is 6.12. The van der Waals surface area contributed by atoms with Crippen LogP contribution in [-0.4, -0.2) is 31.1 Å². The maximum atomic E-state index is 11.6. The van der Waals surface area contributed by atoms with E-state index in [1.54, 1.807) is 12.1 Å². The van der Waals surface area contributed by atoms with Gasteiger partial charge in [0.25, 0.3) is 0 Å². The third kappa shape index (κ3) is 6.90. The zero-order valence-corrected chi connectivity index (χ0v) is 13.2. The number of hydrogen-bond acceptors (Lipinski definition) is 4. The van der Waals surface area contributed by atoms with Gasteiger partial charge < -0.3 is 15.4 Å². The first-order chi connectivity index (χ1) is 9.81. The zero-order chi connectivity index (χ0) is 15.9. The highest BCUT2D eigenvalue weighted by Gasteiger charge is 2.12. The summed E-state index contributed by atoms with van der Waals surface area (Å²) in [6, 6.07) is 7.20. The molecule has 0 bridgehead atoms. The van der Waals surface area contributed by atoms with Gasteiger partial charge in [-0.05, 0) is 38.5 Å². The molecule has 0 radical (unpaired) electrons. The number of amides is 1. The van der Waals surface area contributed by atoms with Crippen LogP contribution in [0, 0.1) is 0 Å². The fraction of sp³-hybridized carbons (Fsp3) is 0.500. The molecule has 0 aliphatic carbocycles. The molecule has 1 amide bonds. The van der Waals surface area contributed by atoms with Crippen LogP contribution in [0.5, 0.6) is 0 Å². The van der Waals surface area contributed by atoms with Crippen molar-refractivity contribution in [3.05, 3.63) is 35.4 Å². The summed E-state index contributed by atoms with van der Waals surface area (Å²) < 4.78 is 4.64. The van der Waals surface area contributed by atoms with E-state index in [0.29, 0.717) is 25.1 Å². The number of hydrogen-bond donors (Lipinski definition) is 2. The van der Waals surface area contributed by atoms with E-state index >= 15 is 0 Å². The second kappa shape index (κ2) is 7.78. The van der Waals surface area contributed by atoms with Gasteiger partial charge in [0.2, 0.25) is 5.91 Å². The number of rotatable bonds is 6. The number of nitrogens with one attached hydrogen (secondary N) is 2. The molecule has 2 N–H and O–H groups in total. The lowest BCUT2D eigenvalue weighted by atomic mass is 10.1. The molecular weight excluding hydrogens is 268 g/mol. The molecule has 5 heteroatoms. The fourth-order valence-corrected chi connectivity index (χ4v) is 1.79. The van der Waals surface area contributed by atoms with Crippen LogP contribution < -0.4 is 10.6 Å². The highest BCUT2D eigenvalue weighted by atomic mass is 16.5. The maximum Gasteiger partial charge on any atom is 0.337 e. The Hall–Kier alpha value is -1.88. The number of esters is 1. The SMILES string of the molecule is COC(=O)c1ccc(CNCCC(=O)NC(C)(C)C)cc1. The van der Waals surface area contributed by atoms with Gasteiger partial charge in [-0.3, -0.25) is 4.79 Å². The largest absolute Gasteiger partial charge is 0.465 e. The van der Waals surface area contributed by atoms with Gasteiger partial charge in [0.1, 0.15) is 0 Å². The first-order valence-electron chi connectivity index (χ1n) is 7.01. The summed E-state index contributed by atoms with van der Waals surface area (Å²) in [5.74, 6) is -0.301. The molecule has 0 unspecified atom stereocenters. The molecule has 0 fully saturated rings. The predicted molar refractivity (Wildman–Crippen MR) is 82.0 cm³/mol. The van der Waals surface area contributed by atoms with Crippen molar-refractivity contribution in [1.82, 2.24) is 10.6 Å². The third-order valence-electron chi connectivity index (χ3n) is 2.75. The van der Waals surface area contributed by atoms with Gasteiger partial charge in [0.15, 0.2) is 0 Å². The first kappa shape index (κ1) is 17.2. The lowest BCUT2D eigenvalue weighted by Gasteiger charge is -2.20. The Bertz CT molecular complexity index is 475. The van der Waals surface area contributed by atoms with E-state index in [2.05, 4.69) is 15.4 Å². The van der Waals surface area contributed by atoms with Crippen LogP contribution in [0.3, 0.4) is 0 Å². The van der Waals surface area contributed by atoms with E-state index in [0.717, 1.165) is 5.56 Å². The Labute approximate surface area is 126 Å². The van der Waals surface area contributed by atoms with Gasteiger partial charge in [0.05, 0.1) is 12.7 Å². The molecule has 21 heavy (non-hydrogen) atoms. The number of carbonyl (C=O) groups excluding carboxylic acids is 2. The smallest absolute Gasteiger partial charge is 0.337 e. The molecule has 0 heterocycles. The van der Waals surface area contributed by atoms with Crippen LogP contribution in [0.2, 0.25) is 0 Å². The molecule has 1 aromatic carbocycles. The van der Waals surface area contributed by atoms with Crippen molar-refractivity contribution in [2.75, 3.05) is 13.7 Å². The molecule has 0 atom stereocenters. The number of ether oxygens (including phenoxy) is 1. The minimum atomic E-state index is -0.339. The second-order valence-corrected chi connectivity index (χ2v) is 5.91. The normalized spacial score (nSPS) is 11.0. The van der Waals surface area contributed by atoms with Crippen molar-refractivity contribution >= 4 is 11.9 Å². The molecular formula is C16H24N2O3. The van der Waals surface area contributed by atoms with E-state index < -0.39 is 0 Å². The number of methoxy groups -OCH3 is 1. The van der Waals surface area contributed by atoms with Crippen molar-refractivity contribution < 1.29 is 14.3 Å². The summed E-state index contributed by atoms with van der Waals surface area (Å²) in [6.07, 6.45) is 0.442. The van der Waals surface area contributed by atoms with E-state index in [4.69, 9.17) is 0 Å². The lowest BCUT2D eigenvalue weighted by Crippen LogP contribution is -2.41. The van der Waals surface area contributed by atoms with Crippen molar-refractivity contribution in [3.8, 4) is 0 Å². The Balaban J connectivity index is 2.30. The van der Waals surface area contributed by atoms with Crippen LogP contribution in [0.15, 0.2) is 24.3 Å². The van der Waals surface area contributed by atoms with Crippen LogP contribution >= 0.6 is 0 Å². The quantitative estimate of drug-likeness (QED) is 0.620. The van der Waals surface area contributed by atoms with Gasteiger partial charge in [0, 0.05) is 25.0 Å². The number of carbonyl (C=O) groups is 2. The van der Waals surface area contributed by atoms with Gasteiger partial charge in [-0.25, -0.2) is 4.79 Å². The van der Waals surface area contributed by atoms with Crippen molar-refractivity contribution in [1.29, 1.82) is 0 Å². The zero-order valence-electron chi connectivity index (χ0n) is 13.2. The molecule has 0 aromatic heterocycles. The predicted octanol–water partition coefficient (Wildman–Crippen LogP) is 1.87. The van der Waals surface area contributed by atoms with Crippen LogP contribution in [-0.2, 0) is 16.1 Å². The minimum absolute atomic E-state index is 0.0380. The summed E-state index contributed by atoms with van der Waals surface area (Å²) in [4.78, 5) is 22.9. The van der Waals surface area contributed by atoms with Gasteiger partial charge >= 0.3 is 5.97 Å². The molecule has 116 valence electrons. The summed E-state index contributed by atoms with van der Waals surface area (Å²) in [6.45, 7) is 7.15. The molecule has 0 aliphatic heterocycles. The molecule has 0 aliphatic rings. The fourth-order valence-electron chi connectivity index (χ4n) is 1.79. The summed E-state index contributed by atoms with van der Waals surface area (Å²) in [7, 11) is 1.36. The van der Waals surface area contributed by atoms with E-state index in [-0.39, 0.29) is 17.4 Å². The molecule has 0 spiro atoms. The Morgan fingerprint density at radius 1 is 1.14 bits per heavy atom. The average molecular weight is 292 g/mol. The lowest BCUT2D eigenvalue weighted by molar-refractivity contribution is -0.122. The van der Waals surface area contributed by atoms with Crippen molar-refractivity contribution in [2.45, 2.75) is 39.3 Å². The van der Waals surface area contributed by atoms with Gasteiger partial charge in [-0.2, -0.15) is 0 Å². The molecule has 5 nitrogen and oxygen atoms in total. The maximum absolute atomic E-state index is 11.6. The van der Waals surface area contributed by atoms with Gasteiger partial charge in [-0.15, -0.1) is 0 Å². The highest BCUT2D eigenvalue weighted by molar-refractivity contribution is 5.89. The van der Waals surface area contributed by atoms with Crippen molar-refractivity contribution in [3.63, 3.8) is 0 Å². The van der Waals surface area contributed by atoms with Crippen molar-refractivity contribution in [2.24, 2.45) is 0 Å². The average Bonchev–Trinajstić information content (AvgIpc) is 2.41. The molecule has 0 saturated carbocycles. The topological polar surface area (TPSA) is 67.4 Å². The first-order valence-corrected chi connectivity index (χ1v) is 7.01. The van der Waals surface area contributed by atoms with E-state index in [1.165, 1.54) is 7.11 Å². The molecule has 1 aromatic rings. The summed E-state index contributed by atoms with van der Waals surface area (Å²) >= 11 is 0. The van der Waals surface area contributed by atoms with E-state index in [9.17, 15) is 9.59 Å². The van der Waals surface area contributed by atoms with E-state index in [1.807, 2.05) is 32.9 Å². The standard InChI is InChI=1S/C16H24N2O3/c1-16(2,3)18-14(19)9-10-17-11-12-5-7-13(8-6-12)15(20)21-4/h5-8,17H,9-11H2,1-4H3,(H,18,19). The highest BCUT2D eigenvalue weighted by Crippen LogP contribution is 2.05.